The zero-order valence-corrected chi connectivity index (χ0v) is 8.72. The molecular formula is C10H20O2. The first-order valence-corrected chi connectivity index (χ1v) is 4.44. The molecule has 0 saturated heterocycles. The van der Waals surface area contributed by atoms with E-state index in [-0.39, 0.29) is 23.7 Å². The smallest absolute Gasteiger partial charge is 0.162 e. The normalized spacial score (nSPS) is 14.9. The molecule has 72 valence electrons. The van der Waals surface area contributed by atoms with Gasteiger partial charge in [0.25, 0.3) is 0 Å². The van der Waals surface area contributed by atoms with Gasteiger partial charge in [0.2, 0.25) is 0 Å². The zero-order valence-electron chi connectivity index (χ0n) is 8.72. The van der Waals surface area contributed by atoms with Crippen LogP contribution in [-0.4, -0.2) is 17.5 Å². The highest BCUT2D eigenvalue weighted by atomic mass is 16.3. The fourth-order valence-corrected chi connectivity index (χ4v) is 1.95. The van der Waals surface area contributed by atoms with Crippen LogP contribution < -0.4 is 0 Å². The van der Waals surface area contributed by atoms with E-state index in [9.17, 15) is 4.79 Å². The lowest BCUT2D eigenvalue weighted by Gasteiger charge is -2.32. The van der Waals surface area contributed by atoms with Gasteiger partial charge in [-0.25, -0.2) is 0 Å². The molecule has 1 unspecified atom stereocenters. The van der Waals surface area contributed by atoms with Crippen LogP contribution in [0.25, 0.3) is 0 Å². The lowest BCUT2D eigenvalue weighted by molar-refractivity contribution is -0.130. The number of aliphatic hydroxyl groups is 1. The lowest BCUT2D eigenvalue weighted by atomic mass is 9.72. The molecule has 0 aromatic carbocycles. The molecule has 0 rings (SSSR count). The molecule has 1 N–H and O–H groups in total. The number of carbonyl (C=O) groups excluding carboxylic acids is 1. The maximum absolute atomic E-state index is 11.4. The monoisotopic (exact) mass is 172 g/mol. The minimum atomic E-state index is -0.333. The molecule has 2 heteroatoms. The van der Waals surface area contributed by atoms with E-state index in [1.807, 2.05) is 34.6 Å². The molecule has 0 aromatic rings. The molecule has 0 radical (unpaired) electrons. The molecule has 0 spiro atoms. The van der Waals surface area contributed by atoms with Crippen LogP contribution in [0, 0.1) is 17.3 Å². The Morgan fingerprint density at radius 1 is 1.33 bits per heavy atom. The highest BCUT2D eigenvalue weighted by Crippen LogP contribution is 2.32. The maximum atomic E-state index is 11.4. The van der Waals surface area contributed by atoms with Gasteiger partial charge in [0.1, 0.15) is 6.61 Å². The van der Waals surface area contributed by atoms with E-state index in [1.165, 1.54) is 0 Å². The van der Waals surface area contributed by atoms with Crippen molar-refractivity contribution in [1.29, 1.82) is 0 Å². The minimum Gasteiger partial charge on any atom is -0.389 e. The van der Waals surface area contributed by atoms with Crippen LogP contribution in [0.3, 0.4) is 0 Å². The van der Waals surface area contributed by atoms with Gasteiger partial charge in [-0.2, -0.15) is 0 Å². The highest BCUT2D eigenvalue weighted by molar-refractivity contribution is 5.82. The van der Waals surface area contributed by atoms with E-state index in [0.717, 1.165) is 0 Å². The summed E-state index contributed by atoms with van der Waals surface area (Å²) in [4.78, 5) is 11.4. The summed E-state index contributed by atoms with van der Waals surface area (Å²) in [5.41, 5.74) is -0.0476. The number of carbonyl (C=O) groups is 1. The van der Waals surface area contributed by atoms with Gasteiger partial charge >= 0.3 is 0 Å². The van der Waals surface area contributed by atoms with E-state index in [4.69, 9.17) is 5.11 Å². The summed E-state index contributed by atoms with van der Waals surface area (Å²) < 4.78 is 0. The second-order valence-electron chi connectivity index (χ2n) is 4.71. The molecular weight excluding hydrogens is 152 g/mol. The summed E-state index contributed by atoms with van der Waals surface area (Å²) in [7, 11) is 0. The average molecular weight is 172 g/mol. The SMILES string of the molecule is CC(C)C(C(=O)CO)C(C)(C)C. The van der Waals surface area contributed by atoms with Gasteiger partial charge in [-0.05, 0) is 11.3 Å². The maximum Gasteiger partial charge on any atom is 0.162 e. The van der Waals surface area contributed by atoms with E-state index < -0.39 is 0 Å². The Morgan fingerprint density at radius 3 is 1.83 bits per heavy atom. The number of rotatable bonds is 3. The first kappa shape index (κ1) is 11.6. The first-order valence-electron chi connectivity index (χ1n) is 4.44. The Bertz CT molecular complexity index is 154. The summed E-state index contributed by atoms with van der Waals surface area (Å²) >= 11 is 0. The standard InChI is InChI=1S/C10H20O2/c1-7(2)9(8(12)6-11)10(3,4)5/h7,9,11H,6H2,1-5H3. The van der Waals surface area contributed by atoms with Gasteiger partial charge in [-0.15, -0.1) is 0 Å². The van der Waals surface area contributed by atoms with Crippen molar-refractivity contribution in [1.82, 2.24) is 0 Å². The molecule has 2 nitrogen and oxygen atoms in total. The Hall–Kier alpha value is -0.370. The van der Waals surface area contributed by atoms with Gasteiger partial charge < -0.3 is 5.11 Å². The first-order chi connectivity index (χ1) is 5.30. The Kier molecular flexibility index (Phi) is 3.91. The van der Waals surface area contributed by atoms with Crippen molar-refractivity contribution in [2.24, 2.45) is 17.3 Å². The minimum absolute atomic E-state index is 0.0394. The molecule has 12 heavy (non-hydrogen) atoms. The van der Waals surface area contributed by atoms with Crippen molar-refractivity contribution in [3.8, 4) is 0 Å². The van der Waals surface area contributed by atoms with Crippen molar-refractivity contribution in [2.75, 3.05) is 6.61 Å². The summed E-state index contributed by atoms with van der Waals surface area (Å²) in [5.74, 6) is 0.213. The summed E-state index contributed by atoms with van der Waals surface area (Å²) in [6.45, 7) is 9.80. The molecule has 0 aliphatic carbocycles. The molecule has 0 fully saturated rings. The molecule has 0 aliphatic rings. The Balaban J connectivity index is 4.56. The fraction of sp³-hybridized carbons (Fsp3) is 0.900. The molecule has 0 amide bonds. The van der Waals surface area contributed by atoms with Gasteiger partial charge in [-0.3, -0.25) is 4.79 Å². The molecule has 0 aromatic heterocycles. The second kappa shape index (κ2) is 4.04. The predicted molar refractivity (Wildman–Crippen MR) is 49.9 cm³/mol. The van der Waals surface area contributed by atoms with Crippen LogP contribution in [0.2, 0.25) is 0 Å². The third kappa shape index (κ3) is 2.94. The highest BCUT2D eigenvalue weighted by Gasteiger charge is 2.32. The van der Waals surface area contributed by atoms with Crippen LogP contribution in [0.15, 0.2) is 0 Å². The van der Waals surface area contributed by atoms with Crippen LogP contribution in [0.1, 0.15) is 34.6 Å². The third-order valence-electron chi connectivity index (χ3n) is 2.10. The van der Waals surface area contributed by atoms with Crippen molar-refractivity contribution in [2.45, 2.75) is 34.6 Å². The molecule has 0 bridgehead atoms. The molecule has 0 heterocycles. The number of aliphatic hydroxyl groups excluding tert-OH is 1. The van der Waals surface area contributed by atoms with E-state index in [1.54, 1.807) is 0 Å². The van der Waals surface area contributed by atoms with E-state index in [2.05, 4.69) is 0 Å². The summed E-state index contributed by atoms with van der Waals surface area (Å²) in [6.07, 6.45) is 0. The number of Topliss-reactive ketones (excluding diaryl/α,β-unsaturated/α-hetero) is 1. The predicted octanol–water partition coefficient (Wildman–Crippen LogP) is 1.87. The van der Waals surface area contributed by atoms with Gasteiger partial charge in [0.05, 0.1) is 0 Å². The van der Waals surface area contributed by atoms with Crippen molar-refractivity contribution in [3.05, 3.63) is 0 Å². The van der Waals surface area contributed by atoms with Crippen molar-refractivity contribution >= 4 is 5.78 Å². The van der Waals surface area contributed by atoms with Crippen LogP contribution in [0.5, 0.6) is 0 Å². The zero-order chi connectivity index (χ0) is 9.94. The quantitative estimate of drug-likeness (QED) is 0.705. The van der Waals surface area contributed by atoms with Crippen LogP contribution in [0.4, 0.5) is 0 Å². The van der Waals surface area contributed by atoms with E-state index in [0.29, 0.717) is 5.92 Å². The fourth-order valence-electron chi connectivity index (χ4n) is 1.95. The summed E-state index contributed by atoms with van der Waals surface area (Å²) in [5, 5.41) is 8.77. The topological polar surface area (TPSA) is 37.3 Å². The second-order valence-corrected chi connectivity index (χ2v) is 4.71. The average Bonchev–Trinajstić information content (AvgIpc) is 1.83. The number of hydrogen-bond acceptors (Lipinski definition) is 2. The van der Waals surface area contributed by atoms with Gasteiger partial charge in [-0.1, -0.05) is 34.6 Å². The molecule has 0 aliphatic heterocycles. The van der Waals surface area contributed by atoms with Crippen molar-refractivity contribution in [3.63, 3.8) is 0 Å². The van der Waals surface area contributed by atoms with Crippen LogP contribution in [-0.2, 0) is 4.79 Å². The van der Waals surface area contributed by atoms with Crippen LogP contribution >= 0.6 is 0 Å². The largest absolute Gasteiger partial charge is 0.389 e. The molecule has 0 saturated carbocycles. The van der Waals surface area contributed by atoms with Crippen molar-refractivity contribution < 1.29 is 9.90 Å². The number of ketones is 1. The van der Waals surface area contributed by atoms with E-state index >= 15 is 0 Å². The Labute approximate surface area is 75.0 Å². The van der Waals surface area contributed by atoms with Gasteiger partial charge in [0.15, 0.2) is 5.78 Å². The lowest BCUT2D eigenvalue weighted by Crippen LogP contribution is -2.34. The summed E-state index contributed by atoms with van der Waals surface area (Å²) in [6, 6.07) is 0. The molecule has 1 atom stereocenters. The Morgan fingerprint density at radius 2 is 1.75 bits per heavy atom. The number of hydrogen-bond donors (Lipinski definition) is 1. The van der Waals surface area contributed by atoms with Gasteiger partial charge in [0, 0.05) is 5.92 Å². The third-order valence-corrected chi connectivity index (χ3v) is 2.10.